The van der Waals surface area contributed by atoms with Crippen LogP contribution in [0.5, 0.6) is 0 Å². The Labute approximate surface area is 116 Å². The molecule has 3 heteroatoms. The number of aryl methyl sites for hydroxylation is 1. The van der Waals surface area contributed by atoms with E-state index in [0.29, 0.717) is 12.3 Å². The van der Waals surface area contributed by atoms with Gasteiger partial charge in [-0.1, -0.05) is 50.6 Å². The average Bonchev–Trinajstić information content (AvgIpc) is 2.44. The van der Waals surface area contributed by atoms with E-state index in [2.05, 4.69) is 26.0 Å². The predicted octanol–water partition coefficient (Wildman–Crippen LogP) is 2.45. The summed E-state index contributed by atoms with van der Waals surface area (Å²) in [6, 6.07) is 9.76. The average molecular weight is 262 g/mol. The van der Waals surface area contributed by atoms with Crippen LogP contribution in [0.3, 0.4) is 0 Å². The van der Waals surface area contributed by atoms with Crippen LogP contribution in [0.2, 0.25) is 0 Å². The number of rotatable bonds is 7. The molecular formula is C16H26N2O. The van der Waals surface area contributed by atoms with Crippen molar-refractivity contribution in [1.29, 1.82) is 0 Å². The molecule has 0 spiro atoms. The van der Waals surface area contributed by atoms with Gasteiger partial charge in [-0.25, -0.2) is 0 Å². The summed E-state index contributed by atoms with van der Waals surface area (Å²) in [7, 11) is 1.84. The first-order chi connectivity index (χ1) is 9.04. The summed E-state index contributed by atoms with van der Waals surface area (Å²) in [5.74, 6) is 0.575. The van der Waals surface area contributed by atoms with Crippen LogP contribution < -0.4 is 5.73 Å². The highest BCUT2D eigenvalue weighted by Crippen LogP contribution is 2.08. The summed E-state index contributed by atoms with van der Waals surface area (Å²) >= 11 is 0. The standard InChI is InChI=1S/C16H26N2O/c1-4-13(2)12-18(3)16(19)15(17)11-10-14-8-6-5-7-9-14/h5-9,13,15H,4,10-12,17H2,1-3H3. The van der Waals surface area contributed by atoms with Crippen molar-refractivity contribution in [3.05, 3.63) is 35.9 Å². The second-order valence-electron chi connectivity index (χ2n) is 5.36. The molecule has 2 N–H and O–H groups in total. The third kappa shape index (κ3) is 5.43. The maximum absolute atomic E-state index is 12.1. The van der Waals surface area contributed by atoms with Crippen LogP contribution in [0, 0.1) is 5.92 Å². The predicted molar refractivity (Wildman–Crippen MR) is 79.8 cm³/mol. The van der Waals surface area contributed by atoms with E-state index in [4.69, 9.17) is 5.73 Å². The molecule has 0 aromatic heterocycles. The molecule has 2 atom stereocenters. The van der Waals surface area contributed by atoms with E-state index >= 15 is 0 Å². The summed E-state index contributed by atoms with van der Waals surface area (Å²) < 4.78 is 0. The molecular weight excluding hydrogens is 236 g/mol. The van der Waals surface area contributed by atoms with Crippen LogP contribution in [-0.4, -0.2) is 30.4 Å². The number of hydrogen-bond donors (Lipinski definition) is 1. The van der Waals surface area contributed by atoms with Crippen LogP contribution in [0.4, 0.5) is 0 Å². The number of likely N-dealkylation sites (N-methyl/N-ethyl adjacent to an activating group) is 1. The molecule has 0 bridgehead atoms. The van der Waals surface area contributed by atoms with Crippen molar-refractivity contribution in [3.8, 4) is 0 Å². The minimum atomic E-state index is -0.394. The van der Waals surface area contributed by atoms with E-state index in [1.54, 1.807) is 4.90 Å². The van der Waals surface area contributed by atoms with E-state index in [1.165, 1.54) is 5.56 Å². The number of benzene rings is 1. The second kappa shape index (κ2) is 7.95. The normalized spacial score (nSPS) is 13.9. The molecule has 2 unspecified atom stereocenters. The van der Waals surface area contributed by atoms with E-state index < -0.39 is 6.04 Å². The lowest BCUT2D eigenvalue weighted by molar-refractivity contribution is -0.131. The molecule has 3 nitrogen and oxygen atoms in total. The van der Waals surface area contributed by atoms with E-state index in [1.807, 2.05) is 25.2 Å². The molecule has 1 amide bonds. The van der Waals surface area contributed by atoms with Crippen molar-refractivity contribution >= 4 is 5.91 Å². The second-order valence-corrected chi connectivity index (χ2v) is 5.36. The van der Waals surface area contributed by atoms with Crippen molar-refractivity contribution in [2.24, 2.45) is 11.7 Å². The highest BCUT2D eigenvalue weighted by atomic mass is 16.2. The zero-order chi connectivity index (χ0) is 14.3. The number of amides is 1. The first-order valence-electron chi connectivity index (χ1n) is 7.09. The van der Waals surface area contributed by atoms with Gasteiger partial charge in [0.1, 0.15) is 0 Å². The number of carbonyl (C=O) groups is 1. The Kier molecular flexibility index (Phi) is 6.57. The lowest BCUT2D eigenvalue weighted by atomic mass is 10.0. The Morgan fingerprint density at radius 1 is 1.32 bits per heavy atom. The molecule has 0 fully saturated rings. The van der Waals surface area contributed by atoms with E-state index in [9.17, 15) is 4.79 Å². The van der Waals surface area contributed by atoms with Crippen LogP contribution in [0.15, 0.2) is 30.3 Å². The minimum absolute atomic E-state index is 0.0521. The molecule has 0 saturated carbocycles. The van der Waals surface area contributed by atoms with Gasteiger partial charge in [-0.3, -0.25) is 4.79 Å². The molecule has 0 heterocycles. The number of carbonyl (C=O) groups excluding carboxylic acids is 1. The summed E-state index contributed by atoms with van der Waals surface area (Å²) in [4.78, 5) is 13.9. The fourth-order valence-corrected chi connectivity index (χ4v) is 2.06. The van der Waals surface area contributed by atoms with E-state index in [0.717, 1.165) is 19.4 Å². The van der Waals surface area contributed by atoms with Gasteiger partial charge in [0.25, 0.3) is 0 Å². The van der Waals surface area contributed by atoms with Gasteiger partial charge in [0.05, 0.1) is 6.04 Å². The Morgan fingerprint density at radius 3 is 2.53 bits per heavy atom. The number of nitrogens with zero attached hydrogens (tertiary/aromatic N) is 1. The van der Waals surface area contributed by atoms with Crippen LogP contribution in [0.1, 0.15) is 32.3 Å². The summed E-state index contributed by atoms with van der Waals surface area (Å²) in [6.45, 7) is 5.08. The molecule has 1 rings (SSSR count). The summed E-state index contributed by atoms with van der Waals surface area (Å²) in [5.41, 5.74) is 7.22. The molecule has 0 saturated heterocycles. The highest BCUT2D eigenvalue weighted by molar-refractivity contribution is 5.81. The van der Waals surface area contributed by atoms with Crippen LogP contribution >= 0.6 is 0 Å². The number of hydrogen-bond acceptors (Lipinski definition) is 2. The number of nitrogens with two attached hydrogens (primary N) is 1. The Morgan fingerprint density at radius 2 is 1.95 bits per heavy atom. The zero-order valence-corrected chi connectivity index (χ0v) is 12.3. The highest BCUT2D eigenvalue weighted by Gasteiger charge is 2.18. The largest absolute Gasteiger partial charge is 0.344 e. The first-order valence-corrected chi connectivity index (χ1v) is 7.09. The van der Waals surface area contributed by atoms with Gasteiger partial charge in [-0.2, -0.15) is 0 Å². The van der Waals surface area contributed by atoms with Gasteiger partial charge < -0.3 is 10.6 Å². The quantitative estimate of drug-likeness (QED) is 0.820. The monoisotopic (exact) mass is 262 g/mol. The topological polar surface area (TPSA) is 46.3 Å². The Hall–Kier alpha value is -1.35. The van der Waals surface area contributed by atoms with E-state index in [-0.39, 0.29) is 5.91 Å². The summed E-state index contributed by atoms with van der Waals surface area (Å²) in [5, 5.41) is 0. The van der Waals surface area contributed by atoms with Crippen molar-refractivity contribution in [1.82, 2.24) is 4.90 Å². The van der Waals surface area contributed by atoms with Crippen molar-refractivity contribution < 1.29 is 4.79 Å². The lowest BCUT2D eigenvalue weighted by Gasteiger charge is -2.24. The molecule has 1 aromatic carbocycles. The van der Waals surface area contributed by atoms with Crippen molar-refractivity contribution in [2.45, 2.75) is 39.2 Å². The fraction of sp³-hybridized carbons (Fsp3) is 0.562. The molecule has 0 radical (unpaired) electrons. The third-order valence-corrected chi connectivity index (χ3v) is 3.56. The third-order valence-electron chi connectivity index (χ3n) is 3.56. The molecule has 19 heavy (non-hydrogen) atoms. The molecule has 0 aliphatic rings. The molecule has 0 aliphatic carbocycles. The molecule has 0 aliphatic heterocycles. The van der Waals surface area contributed by atoms with Crippen molar-refractivity contribution in [2.75, 3.05) is 13.6 Å². The zero-order valence-electron chi connectivity index (χ0n) is 12.3. The van der Waals surface area contributed by atoms with Gasteiger partial charge >= 0.3 is 0 Å². The first kappa shape index (κ1) is 15.7. The van der Waals surface area contributed by atoms with Crippen LogP contribution in [-0.2, 0) is 11.2 Å². The maximum Gasteiger partial charge on any atom is 0.239 e. The van der Waals surface area contributed by atoms with Crippen molar-refractivity contribution in [3.63, 3.8) is 0 Å². The lowest BCUT2D eigenvalue weighted by Crippen LogP contribution is -2.43. The maximum atomic E-state index is 12.1. The minimum Gasteiger partial charge on any atom is -0.344 e. The Balaban J connectivity index is 2.40. The fourth-order valence-electron chi connectivity index (χ4n) is 2.06. The Bertz CT molecular complexity index is 378. The molecule has 106 valence electrons. The van der Waals surface area contributed by atoms with Gasteiger partial charge in [-0.05, 0) is 24.3 Å². The van der Waals surface area contributed by atoms with Gasteiger partial charge in [0.2, 0.25) is 5.91 Å². The van der Waals surface area contributed by atoms with Crippen LogP contribution in [0.25, 0.3) is 0 Å². The van der Waals surface area contributed by atoms with Gasteiger partial charge in [-0.15, -0.1) is 0 Å². The summed E-state index contributed by atoms with van der Waals surface area (Å²) in [6.07, 6.45) is 2.63. The van der Waals surface area contributed by atoms with Gasteiger partial charge in [0, 0.05) is 13.6 Å². The molecule has 1 aromatic rings. The van der Waals surface area contributed by atoms with Gasteiger partial charge in [0.15, 0.2) is 0 Å². The SMILES string of the molecule is CCC(C)CN(C)C(=O)C(N)CCc1ccccc1. The smallest absolute Gasteiger partial charge is 0.239 e.